The van der Waals surface area contributed by atoms with E-state index in [1.54, 1.807) is 19.1 Å². The van der Waals surface area contributed by atoms with Crippen LogP contribution >= 0.6 is 11.8 Å². The van der Waals surface area contributed by atoms with Gasteiger partial charge in [0, 0.05) is 26.8 Å². The second-order valence-electron chi connectivity index (χ2n) is 9.25. The van der Waals surface area contributed by atoms with Crippen molar-refractivity contribution in [3.8, 4) is 5.75 Å². The lowest BCUT2D eigenvalue weighted by molar-refractivity contribution is -0.123. The van der Waals surface area contributed by atoms with Crippen molar-refractivity contribution >= 4 is 34.6 Å². The third-order valence-corrected chi connectivity index (χ3v) is 7.94. The maximum absolute atomic E-state index is 13.4. The molecule has 4 aromatic rings. The fourth-order valence-electron chi connectivity index (χ4n) is 4.44. The monoisotopic (exact) mass is 515 g/mol. The average molecular weight is 516 g/mol. The Labute approximate surface area is 218 Å². The molecule has 3 amide bonds. The van der Waals surface area contributed by atoms with Crippen molar-refractivity contribution in [3.63, 3.8) is 0 Å². The number of urea groups is 1. The summed E-state index contributed by atoms with van der Waals surface area (Å²) in [6.07, 6.45) is 0.460. The molecule has 0 radical (unpaired) electrons. The van der Waals surface area contributed by atoms with Gasteiger partial charge in [0.2, 0.25) is 0 Å². The Kier molecular flexibility index (Phi) is 6.84. The summed E-state index contributed by atoms with van der Waals surface area (Å²) < 4.78 is 19.5. The van der Waals surface area contributed by atoms with Crippen molar-refractivity contribution in [2.75, 3.05) is 0 Å². The van der Waals surface area contributed by atoms with E-state index < -0.39 is 11.6 Å². The molecule has 1 aromatic heterocycles. The molecule has 1 saturated heterocycles. The van der Waals surface area contributed by atoms with Crippen molar-refractivity contribution in [2.45, 2.75) is 42.6 Å². The summed E-state index contributed by atoms with van der Waals surface area (Å²) in [5.74, 6) is 0.0182. The minimum atomic E-state index is -1.12. The fraction of sp³-hybridized carbons (Fsp3) is 0.207. The van der Waals surface area contributed by atoms with Crippen LogP contribution in [0.25, 0.3) is 10.9 Å². The van der Waals surface area contributed by atoms with E-state index in [4.69, 9.17) is 4.74 Å². The lowest BCUT2D eigenvalue weighted by atomic mass is 9.92. The van der Waals surface area contributed by atoms with E-state index in [0.29, 0.717) is 13.0 Å². The SMILES string of the molecule is Cc1cc(COc2ccc(SC(Cc3ccc(F)cc3)C3(C)NC(=O)NC3=O)cc2)c2ccccc2n1. The first-order valence-electron chi connectivity index (χ1n) is 11.9. The summed E-state index contributed by atoms with van der Waals surface area (Å²) in [5.41, 5.74) is 2.70. The van der Waals surface area contributed by atoms with E-state index in [0.717, 1.165) is 38.4 Å². The Hall–Kier alpha value is -3.91. The lowest BCUT2D eigenvalue weighted by Gasteiger charge is -2.31. The summed E-state index contributed by atoms with van der Waals surface area (Å²) >= 11 is 1.48. The molecule has 8 heteroatoms. The van der Waals surface area contributed by atoms with Crippen LogP contribution in [-0.4, -0.2) is 27.7 Å². The van der Waals surface area contributed by atoms with E-state index in [9.17, 15) is 14.0 Å². The number of nitrogens with one attached hydrogen (secondary N) is 2. The molecule has 1 aliphatic heterocycles. The number of amides is 3. The van der Waals surface area contributed by atoms with Gasteiger partial charge in [0.15, 0.2) is 0 Å². The molecule has 5 rings (SSSR count). The van der Waals surface area contributed by atoms with Gasteiger partial charge < -0.3 is 10.1 Å². The third-order valence-electron chi connectivity index (χ3n) is 6.48. The number of benzene rings is 3. The maximum atomic E-state index is 13.4. The van der Waals surface area contributed by atoms with Gasteiger partial charge in [0.1, 0.15) is 23.7 Å². The summed E-state index contributed by atoms with van der Waals surface area (Å²) in [5, 5.41) is 5.85. The molecule has 1 fully saturated rings. The van der Waals surface area contributed by atoms with E-state index in [1.807, 2.05) is 61.5 Å². The Balaban J connectivity index is 1.32. The number of thioether (sulfide) groups is 1. The molecule has 0 aliphatic carbocycles. The van der Waals surface area contributed by atoms with Gasteiger partial charge in [0.05, 0.1) is 5.52 Å². The van der Waals surface area contributed by atoms with Gasteiger partial charge in [0.25, 0.3) is 5.91 Å². The van der Waals surface area contributed by atoms with Gasteiger partial charge in [-0.3, -0.25) is 15.1 Å². The number of fused-ring (bicyclic) bond motifs is 1. The van der Waals surface area contributed by atoms with Gasteiger partial charge in [-0.05, 0) is 74.4 Å². The minimum Gasteiger partial charge on any atom is -0.489 e. The molecule has 6 nitrogen and oxygen atoms in total. The Bertz CT molecular complexity index is 1460. The highest BCUT2D eigenvalue weighted by molar-refractivity contribution is 8.00. The molecule has 0 bridgehead atoms. The van der Waals surface area contributed by atoms with E-state index >= 15 is 0 Å². The number of ether oxygens (including phenoxy) is 1. The largest absolute Gasteiger partial charge is 0.489 e. The van der Waals surface area contributed by atoms with E-state index in [-0.39, 0.29) is 17.0 Å². The normalized spacial score (nSPS) is 17.9. The van der Waals surface area contributed by atoms with Crippen LogP contribution in [0.2, 0.25) is 0 Å². The topological polar surface area (TPSA) is 80.3 Å². The summed E-state index contributed by atoms with van der Waals surface area (Å²) in [6, 6.07) is 23.4. The van der Waals surface area contributed by atoms with Crippen molar-refractivity contribution < 1.29 is 18.7 Å². The number of hydrogen-bond acceptors (Lipinski definition) is 5. The summed E-state index contributed by atoms with van der Waals surface area (Å²) in [6.45, 7) is 4.10. The quantitative estimate of drug-likeness (QED) is 0.237. The first-order chi connectivity index (χ1) is 17.8. The Morgan fingerprint density at radius 3 is 2.46 bits per heavy atom. The van der Waals surface area contributed by atoms with Crippen LogP contribution in [0.5, 0.6) is 5.75 Å². The molecule has 1 aliphatic rings. The number of pyridine rings is 1. The molecule has 2 heterocycles. The first-order valence-corrected chi connectivity index (χ1v) is 12.8. The average Bonchev–Trinajstić information content (AvgIpc) is 3.15. The Morgan fingerprint density at radius 1 is 1.03 bits per heavy atom. The maximum Gasteiger partial charge on any atom is 0.322 e. The van der Waals surface area contributed by atoms with Gasteiger partial charge in [-0.25, -0.2) is 9.18 Å². The lowest BCUT2D eigenvalue weighted by Crippen LogP contribution is -2.53. The number of carbonyl (C=O) groups is 2. The predicted molar refractivity (Wildman–Crippen MR) is 142 cm³/mol. The molecule has 0 spiro atoms. The number of imide groups is 1. The molecule has 37 heavy (non-hydrogen) atoms. The van der Waals surface area contributed by atoms with Crippen LogP contribution in [0, 0.1) is 12.7 Å². The van der Waals surface area contributed by atoms with Crippen LogP contribution in [0.1, 0.15) is 23.7 Å². The van der Waals surface area contributed by atoms with Crippen LogP contribution in [0.3, 0.4) is 0 Å². The molecule has 2 atom stereocenters. The van der Waals surface area contributed by atoms with Gasteiger partial charge in [-0.2, -0.15) is 0 Å². The zero-order chi connectivity index (χ0) is 26.0. The van der Waals surface area contributed by atoms with Crippen molar-refractivity contribution in [2.24, 2.45) is 0 Å². The number of rotatable bonds is 8. The second kappa shape index (κ2) is 10.2. The first kappa shape index (κ1) is 24.8. The highest BCUT2D eigenvalue weighted by atomic mass is 32.2. The van der Waals surface area contributed by atoms with Crippen molar-refractivity contribution in [1.82, 2.24) is 15.6 Å². The molecule has 0 saturated carbocycles. The number of nitrogens with zero attached hydrogens (tertiary/aromatic N) is 1. The van der Waals surface area contributed by atoms with Gasteiger partial charge >= 0.3 is 6.03 Å². The molecular formula is C29H26FN3O3S. The highest BCUT2D eigenvalue weighted by Crippen LogP contribution is 2.35. The number of aryl methyl sites for hydroxylation is 1. The van der Waals surface area contributed by atoms with Crippen molar-refractivity contribution in [1.29, 1.82) is 0 Å². The van der Waals surface area contributed by atoms with Crippen molar-refractivity contribution in [3.05, 3.63) is 102 Å². The van der Waals surface area contributed by atoms with Crippen LogP contribution in [-0.2, 0) is 17.8 Å². The number of para-hydroxylation sites is 1. The minimum absolute atomic E-state index is 0.323. The number of hydrogen-bond donors (Lipinski definition) is 2. The zero-order valence-electron chi connectivity index (χ0n) is 20.5. The Morgan fingerprint density at radius 2 is 1.76 bits per heavy atom. The number of aromatic nitrogens is 1. The zero-order valence-corrected chi connectivity index (χ0v) is 21.3. The van der Waals surface area contributed by atoms with E-state index in [1.165, 1.54) is 23.9 Å². The van der Waals surface area contributed by atoms with Crippen LogP contribution < -0.4 is 15.4 Å². The molecule has 188 valence electrons. The van der Waals surface area contributed by atoms with Gasteiger partial charge in [-0.15, -0.1) is 11.8 Å². The third kappa shape index (κ3) is 5.44. The smallest absolute Gasteiger partial charge is 0.322 e. The number of halogens is 1. The molecule has 3 aromatic carbocycles. The summed E-state index contributed by atoms with van der Waals surface area (Å²) in [4.78, 5) is 30.1. The van der Waals surface area contributed by atoms with Crippen LogP contribution in [0.15, 0.2) is 83.8 Å². The standard InChI is InChI=1S/C29H26FN3O3S/c1-18-15-20(24-5-3-4-6-25(24)31-18)17-36-22-11-13-23(14-12-22)37-26(16-19-7-9-21(30)10-8-19)29(2)27(34)32-28(35)33-29/h3-15,26H,16-17H2,1-2H3,(H2,32,33,34,35). The molecular weight excluding hydrogens is 489 g/mol. The molecule has 2 unspecified atom stereocenters. The summed E-state index contributed by atoms with van der Waals surface area (Å²) in [7, 11) is 0. The van der Waals surface area contributed by atoms with Gasteiger partial charge in [-0.1, -0.05) is 30.3 Å². The fourth-order valence-corrected chi connectivity index (χ4v) is 5.73. The highest BCUT2D eigenvalue weighted by Gasteiger charge is 2.48. The van der Waals surface area contributed by atoms with Crippen LogP contribution in [0.4, 0.5) is 9.18 Å². The predicted octanol–water partition coefficient (Wildman–Crippen LogP) is 5.56. The second-order valence-corrected chi connectivity index (χ2v) is 10.5. The molecule has 2 N–H and O–H groups in total. The number of carbonyl (C=O) groups excluding carboxylic acids is 2. The van der Waals surface area contributed by atoms with E-state index in [2.05, 4.69) is 15.6 Å².